The number of rotatable bonds is 6. The molecule has 20 heavy (non-hydrogen) atoms. The van der Waals surface area contributed by atoms with Crippen LogP contribution in [-0.4, -0.2) is 47.0 Å². The van der Waals surface area contributed by atoms with Gasteiger partial charge in [-0.1, -0.05) is 6.92 Å². The van der Waals surface area contributed by atoms with E-state index in [-0.39, 0.29) is 17.5 Å². The molecule has 0 aliphatic rings. The van der Waals surface area contributed by atoms with Crippen LogP contribution in [0.4, 0.5) is 0 Å². The van der Waals surface area contributed by atoms with Crippen molar-refractivity contribution in [1.82, 2.24) is 4.90 Å². The van der Waals surface area contributed by atoms with Crippen LogP contribution in [0.25, 0.3) is 0 Å². The van der Waals surface area contributed by atoms with Gasteiger partial charge in [-0.3, -0.25) is 4.79 Å². The number of thioether (sulfide) groups is 1. The molecule has 4 nitrogen and oxygen atoms in total. The number of aryl methyl sites for hydroxylation is 1. The molecule has 5 heteroatoms. The van der Waals surface area contributed by atoms with Crippen LogP contribution < -0.4 is 0 Å². The van der Waals surface area contributed by atoms with Gasteiger partial charge in [0.2, 0.25) is 0 Å². The van der Waals surface area contributed by atoms with Gasteiger partial charge >= 0.3 is 5.97 Å². The Bertz CT molecular complexity index is 502. The Hall–Kier alpha value is -1.49. The summed E-state index contributed by atoms with van der Waals surface area (Å²) in [5.41, 5.74) is 1.36. The number of carbonyl (C=O) groups excluding carboxylic acids is 1. The number of aromatic carboxylic acids is 1. The van der Waals surface area contributed by atoms with E-state index < -0.39 is 5.97 Å². The number of hydrogen-bond acceptors (Lipinski definition) is 3. The summed E-state index contributed by atoms with van der Waals surface area (Å²) in [5, 5.41) is 9.07. The van der Waals surface area contributed by atoms with E-state index in [4.69, 9.17) is 5.11 Å². The summed E-state index contributed by atoms with van der Waals surface area (Å²) >= 11 is 1.70. The highest BCUT2D eigenvalue weighted by molar-refractivity contribution is 7.98. The molecule has 0 radical (unpaired) electrons. The van der Waals surface area contributed by atoms with Gasteiger partial charge in [0.1, 0.15) is 0 Å². The van der Waals surface area contributed by atoms with Crippen LogP contribution in [0.15, 0.2) is 18.2 Å². The van der Waals surface area contributed by atoms with E-state index in [2.05, 4.69) is 0 Å². The number of benzene rings is 1. The van der Waals surface area contributed by atoms with Crippen LogP contribution in [0, 0.1) is 6.92 Å². The molecule has 1 unspecified atom stereocenters. The summed E-state index contributed by atoms with van der Waals surface area (Å²) in [6.07, 6.45) is 2.89. The second-order valence-electron chi connectivity index (χ2n) is 4.83. The second kappa shape index (κ2) is 7.33. The van der Waals surface area contributed by atoms with Crippen molar-refractivity contribution in [3.8, 4) is 0 Å². The molecule has 110 valence electrons. The van der Waals surface area contributed by atoms with Crippen LogP contribution in [0.3, 0.4) is 0 Å². The van der Waals surface area contributed by atoms with Gasteiger partial charge in [0, 0.05) is 24.4 Å². The first-order chi connectivity index (χ1) is 9.40. The maximum absolute atomic E-state index is 12.5. The average Bonchev–Trinajstić information content (AvgIpc) is 2.42. The fraction of sp³-hybridized carbons (Fsp3) is 0.467. The molecule has 0 saturated heterocycles. The van der Waals surface area contributed by atoms with Gasteiger partial charge in [0.25, 0.3) is 5.91 Å². The molecule has 1 N–H and O–H groups in total. The number of carboxylic acid groups (broad SMARTS) is 1. The Balaban J connectivity index is 3.04. The smallest absolute Gasteiger partial charge is 0.335 e. The summed E-state index contributed by atoms with van der Waals surface area (Å²) in [6.45, 7) is 3.84. The lowest BCUT2D eigenvalue weighted by molar-refractivity contribution is 0.0696. The molecule has 1 rings (SSSR count). The van der Waals surface area contributed by atoms with Crippen LogP contribution in [0.1, 0.15) is 39.6 Å². The number of nitrogens with zero attached hydrogens (tertiary/aromatic N) is 1. The SMILES string of the molecule is CCC(CSC)N(C)C(=O)c1cc(C)cc(C(=O)O)c1. The lowest BCUT2D eigenvalue weighted by Crippen LogP contribution is -2.38. The number of hydrogen-bond donors (Lipinski definition) is 1. The Morgan fingerprint density at radius 1 is 1.30 bits per heavy atom. The highest BCUT2D eigenvalue weighted by atomic mass is 32.2. The van der Waals surface area contributed by atoms with Gasteiger partial charge in [-0.15, -0.1) is 0 Å². The van der Waals surface area contributed by atoms with E-state index in [1.165, 1.54) is 6.07 Å². The zero-order valence-corrected chi connectivity index (χ0v) is 13.2. The van der Waals surface area contributed by atoms with E-state index in [9.17, 15) is 9.59 Å². The standard InChI is InChI=1S/C15H21NO3S/c1-5-13(9-20-4)16(3)14(17)11-6-10(2)7-12(8-11)15(18)19/h6-8,13H,5,9H2,1-4H3,(H,18,19). The first-order valence-electron chi connectivity index (χ1n) is 6.51. The molecule has 1 aromatic rings. The van der Waals surface area contributed by atoms with Crippen LogP contribution in [0.2, 0.25) is 0 Å². The number of amides is 1. The predicted octanol–water partition coefficient (Wildman–Crippen LogP) is 2.91. The number of carbonyl (C=O) groups is 2. The molecule has 0 aliphatic heterocycles. The maximum atomic E-state index is 12.5. The molecule has 1 atom stereocenters. The Morgan fingerprint density at radius 2 is 1.90 bits per heavy atom. The minimum absolute atomic E-state index is 0.128. The first kappa shape index (κ1) is 16.6. The molecular weight excluding hydrogens is 274 g/mol. The lowest BCUT2D eigenvalue weighted by atomic mass is 10.0. The molecule has 0 aliphatic carbocycles. The molecule has 0 aromatic heterocycles. The van der Waals surface area contributed by atoms with Gasteiger partial charge in [-0.05, 0) is 43.4 Å². The molecule has 0 spiro atoms. The summed E-state index contributed by atoms with van der Waals surface area (Å²) < 4.78 is 0. The lowest BCUT2D eigenvalue weighted by Gasteiger charge is -2.27. The van der Waals surface area contributed by atoms with Gasteiger partial charge in [-0.2, -0.15) is 11.8 Å². The van der Waals surface area contributed by atoms with Crippen molar-refractivity contribution < 1.29 is 14.7 Å². The zero-order valence-electron chi connectivity index (χ0n) is 12.3. The molecule has 1 amide bonds. The van der Waals surface area contributed by atoms with Crippen molar-refractivity contribution in [2.45, 2.75) is 26.3 Å². The first-order valence-corrected chi connectivity index (χ1v) is 7.91. The molecule has 0 fully saturated rings. The minimum atomic E-state index is -1.01. The third kappa shape index (κ3) is 4.00. The van der Waals surface area contributed by atoms with Crippen molar-refractivity contribution in [2.24, 2.45) is 0 Å². The van der Waals surface area contributed by atoms with Crippen molar-refractivity contribution in [3.63, 3.8) is 0 Å². The topological polar surface area (TPSA) is 57.6 Å². The van der Waals surface area contributed by atoms with Crippen molar-refractivity contribution in [2.75, 3.05) is 19.1 Å². The molecule has 0 saturated carbocycles. The Labute approximate surface area is 124 Å². The molecule has 0 heterocycles. The zero-order chi connectivity index (χ0) is 15.3. The van der Waals surface area contributed by atoms with E-state index in [1.807, 2.05) is 13.2 Å². The van der Waals surface area contributed by atoms with E-state index in [1.54, 1.807) is 42.8 Å². The molecular formula is C15H21NO3S. The minimum Gasteiger partial charge on any atom is -0.478 e. The van der Waals surface area contributed by atoms with Crippen LogP contribution in [0.5, 0.6) is 0 Å². The highest BCUT2D eigenvalue weighted by Crippen LogP contribution is 2.15. The average molecular weight is 295 g/mol. The second-order valence-corrected chi connectivity index (χ2v) is 5.74. The van der Waals surface area contributed by atoms with Crippen molar-refractivity contribution >= 4 is 23.6 Å². The van der Waals surface area contributed by atoms with Gasteiger partial charge in [-0.25, -0.2) is 4.79 Å². The third-order valence-corrected chi connectivity index (χ3v) is 3.99. The van der Waals surface area contributed by atoms with Crippen LogP contribution >= 0.6 is 11.8 Å². The van der Waals surface area contributed by atoms with Crippen molar-refractivity contribution in [1.29, 1.82) is 0 Å². The van der Waals surface area contributed by atoms with E-state index in [0.717, 1.165) is 17.7 Å². The van der Waals surface area contributed by atoms with Crippen LogP contribution in [-0.2, 0) is 0 Å². The summed E-state index contributed by atoms with van der Waals surface area (Å²) in [4.78, 5) is 25.2. The van der Waals surface area contributed by atoms with Crippen molar-refractivity contribution in [3.05, 3.63) is 34.9 Å². The summed E-state index contributed by atoms with van der Waals surface area (Å²) in [6, 6.07) is 4.90. The van der Waals surface area contributed by atoms with Gasteiger partial charge < -0.3 is 10.0 Å². The predicted molar refractivity (Wildman–Crippen MR) is 82.7 cm³/mol. The summed E-state index contributed by atoms with van der Waals surface area (Å²) in [7, 11) is 1.77. The monoisotopic (exact) mass is 295 g/mol. The third-order valence-electron chi connectivity index (χ3n) is 3.27. The Morgan fingerprint density at radius 3 is 2.40 bits per heavy atom. The molecule has 1 aromatic carbocycles. The fourth-order valence-corrected chi connectivity index (χ4v) is 2.94. The van der Waals surface area contributed by atoms with E-state index in [0.29, 0.717) is 5.56 Å². The van der Waals surface area contributed by atoms with Gasteiger partial charge in [0.05, 0.1) is 5.56 Å². The highest BCUT2D eigenvalue weighted by Gasteiger charge is 2.20. The molecule has 0 bridgehead atoms. The Kier molecular flexibility index (Phi) is 6.07. The number of carboxylic acids is 1. The van der Waals surface area contributed by atoms with Gasteiger partial charge in [0.15, 0.2) is 0 Å². The largest absolute Gasteiger partial charge is 0.478 e. The normalized spacial score (nSPS) is 12.0. The van der Waals surface area contributed by atoms with E-state index >= 15 is 0 Å². The quantitative estimate of drug-likeness (QED) is 0.876. The maximum Gasteiger partial charge on any atom is 0.335 e. The summed E-state index contributed by atoms with van der Waals surface area (Å²) in [5.74, 6) is -0.269. The fourth-order valence-electron chi connectivity index (χ4n) is 2.10.